The van der Waals surface area contributed by atoms with Crippen molar-refractivity contribution in [2.75, 3.05) is 39.5 Å². The quantitative estimate of drug-likeness (QED) is 0.684. The maximum absolute atomic E-state index is 11.9. The highest BCUT2D eigenvalue weighted by atomic mass is 32.2. The molecule has 1 atom stereocenters. The monoisotopic (exact) mass is 219 g/mol. The molecular formula is C9H21N3OS. The lowest BCUT2D eigenvalue weighted by atomic mass is 10.3. The fourth-order valence-corrected chi connectivity index (χ4v) is 2.75. The first-order valence-corrected chi connectivity index (χ1v) is 6.95. The minimum Gasteiger partial charge on any atom is -0.298 e. The van der Waals surface area contributed by atoms with Crippen molar-refractivity contribution < 1.29 is 4.21 Å². The number of nitrogens with zero attached hydrogens (tertiary/aromatic N) is 3. The molecule has 5 heteroatoms. The largest absolute Gasteiger partial charge is 0.298 e. The molecule has 4 nitrogen and oxygen atoms in total. The molecule has 0 radical (unpaired) electrons. The molecule has 14 heavy (non-hydrogen) atoms. The van der Waals surface area contributed by atoms with Gasteiger partial charge in [-0.3, -0.25) is 4.90 Å². The molecular weight excluding hydrogens is 198 g/mol. The van der Waals surface area contributed by atoms with Crippen LogP contribution in [0.15, 0.2) is 4.36 Å². The summed E-state index contributed by atoms with van der Waals surface area (Å²) in [6.07, 6.45) is 1.72. The summed E-state index contributed by atoms with van der Waals surface area (Å²) in [6, 6.07) is 0.587. The van der Waals surface area contributed by atoms with Gasteiger partial charge in [0.15, 0.2) is 0 Å². The van der Waals surface area contributed by atoms with Crippen LogP contribution in [0.4, 0.5) is 0 Å². The molecule has 0 aromatic heterocycles. The van der Waals surface area contributed by atoms with Gasteiger partial charge in [-0.2, -0.15) is 0 Å². The summed E-state index contributed by atoms with van der Waals surface area (Å²) in [5.41, 5.74) is 0. The van der Waals surface area contributed by atoms with Crippen molar-refractivity contribution in [3.05, 3.63) is 0 Å². The molecule has 0 aliphatic carbocycles. The third kappa shape index (κ3) is 2.68. The molecule has 1 saturated heterocycles. The average Bonchev–Trinajstić information content (AvgIpc) is 2.18. The molecule has 1 rings (SSSR count). The van der Waals surface area contributed by atoms with E-state index in [9.17, 15) is 4.21 Å². The highest BCUT2D eigenvalue weighted by Gasteiger charge is 2.22. The number of hydrogen-bond donors (Lipinski definition) is 0. The van der Waals surface area contributed by atoms with Crippen LogP contribution >= 0.6 is 0 Å². The van der Waals surface area contributed by atoms with Crippen molar-refractivity contribution >= 4 is 9.92 Å². The Morgan fingerprint density at radius 3 is 2.07 bits per heavy atom. The van der Waals surface area contributed by atoms with Gasteiger partial charge in [-0.15, -0.1) is 0 Å². The van der Waals surface area contributed by atoms with Gasteiger partial charge in [-0.25, -0.2) is 12.9 Å². The zero-order valence-electron chi connectivity index (χ0n) is 9.56. The van der Waals surface area contributed by atoms with Crippen LogP contribution in [0.5, 0.6) is 0 Å². The summed E-state index contributed by atoms with van der Waals surface area (Å²) >= 11 is 0. The van der Waals surface area contributed by atoms with Gasteiger partial charge in [0.1, 0.15) is 9.92 Å². The predicted octanol–water partition coefficient (Wildman–Crippen LogP) is 0.655. The van der Waals surface area contributed by atoms with E-state index in [-0.39, 0.29) is 0 Å². The van der Waals surface area contributed by atoms with Crippen LogP contribution in [-0.4, -0.2) is 58.9 Å². The van der Waals surface area contributed by atoms with Crippen LogP contribution in [0.2, 0.25) is 0 Å². The minimum absolute atomic E-state index is 0.587. The SMILES string of the molecule is CN=S(C)(=O)N1CCN(C(C)C)CC1. The van der Waals surface area contributed by atoms with E-state index in [1.54, 1.807) is 13.3 Å². The van der Waals surface area contributed by atoms with Crippen molar-refractivity contribution in [2.24, 2.45) is 4.36 Å². The molecule has 0 spiro atoms. The normalized spacial score (nSPS) is 24.9. The third-order valence-electron chi connectivity index (χ3n) is 2.82. The predicted molar refractivity (Wildman–Crippen MR) is 60.7 cm³/mol. The molecule has 1 heterocycles. The van der Waals surface area contributed by atoms with Crippen molar-refractivity contribution in [3.63, 3.8) is 0 Å². The second-order valence-corrected chi connectivity index (χ2v) is 6.41. The summed E-state index contributed by atoms with van der Waals surface area (Å²) < 4.78 is 17.9. The number of piperazine rings is 1. The highest BCUT2D eigenvalue weighted by Crippen LogP contribution is 2.09. The first-order valence-electron chi connectivity index (χ1n) is 5.07. The molecule has 1 aliphatic heterocycles. The van der Waals surface area contributed by atoms with Crippen LogP contribution in [0.3, 0.4) is 0 Å². The van der Waals surface area contributed by atoms with Gasteiger partial charge < -0.3 is 0 Å². The van der Waals surface area contributed by atoms with Gasteiger partial charge in [0.2, 0.25) is 0 Å². The van der Waals surface area contributed by atoms with E-state index in [0.29, 0.717) is 6.04 Å². The number of rotatable bonds is 2. The van der Waals surface area contributed by atoms with Crippen LogP contribution < -0.4 is 0 Å². The van der Waals surface area contributed by atoms with Crippen molar-refractivity contribution in [1.82, 2.24) is 9.21 Å². The summed E-state index contributed by atoms with van der Waals surface area (Å²) in [5, 5.41) is 0. The summed E-state index contributed by atoms with van der Waals surface area (Å²) in [6.45, 7) is 8.12. The molecule has 1 unspecified atom stereocenters. The Kier molecular flexibility index (Phi) is 3.92. The van der Waals surface area contributed by atoms with Crippen LogP contribution in [0, 0.1) is 0 Å². The van der Waals surface area contributed by atoms with E-state index in [1.807, 2.05) is 4.31 Å². The summed E-state index contributed by atoms with van der Waals surface area (Å²) in [7, 11) is -0.453. The van der Waals surface area contributed by atoms with E-state index in [0.717, 1.165) is 26.2 Å². The zero-order chi connectivity index (χ0) is 10.8. The van der Waals surface area contributed by atoms with E-state index in [2.05, 4.69) is 23.1 Å². The molecule has 0 saturated carbocycles. The molecule has 0 bridgehead atoms. The van der Waals surface area contributed by atoms with Crippen molar-refractivity contribution in [3.8, 4) is 0 Å². The van der Waals surface area contributed by atoms with Crippen molar-refractivity contribution in [1.29, 1.82) is 0 Å². The van der Waals surface area contributed by atoms with Gasteiger partial charge in [0, 0.05) is 45.5 Å². The molecule has 0 aromatic rings. The minimum atomic E-state index is -2.09. The van der Waals surface area contributed by atoms with Gasteiger partial charge in [0.25, 0.3) is 0 Å². The topological polar surface area (TPSA) is 35.9 Å². The average molecular weight is 219 g/mol. The summed E-state index contributed by atoms with van der Waals surface area (Å²) in [5.74, 6) is 0. The van der Waals surface area contributed by atoms with Crippen LogP contribution in [0.1, 0.15) is 13.8 Å². The Bertz CT molecular complexity index is 286. The van der Waals surface area contributed by atoms with Gasteiger partial charge in [-0.05, 0) is 13.8 Å². The Labute approximate surface area is 87.6 Å². The van der Waals surface area contributed by atoms with E-state index < -0.39 is 9.92 Å². The maximum atomic E-state index is 11.9. The third-order valence-corrected chi connectivity index (χ3v) is 4.82. The standard InChI is InChI=1S/C9H21N3OS/c1-9(2)11-5-7-12(8-6-11)14(4,13)10-3/h9H,5-8H2,1-4H3. The van der Waals surface area contributed by atoms with Crippen LogP contribution in [0.25, 0.3) is 0 Å². The van der Waals surface area contributed by atoms with Crippen LogP contribution in [-0.2, 0) is 9.92 Å². The molecule has 1 aliphatic rings. The van der Waals surface area contributed by atoms with Gasteiger partial charge >= 0.3 is 0 Å². The Balaban J connectivity index is 2.56. The Morgan fingerprint density at radius 1 is 1.21 bits per heavy atom. The fourth-order valence-electron chi connectivity index (χ4n) is 1.67. The zero-order valence-corrected chi connectivity index (χ0v) is 10.4. The van der Waals surface area contributed by atoms with E-state index in [1.165, 1.54) is 0 Å². The second-order valence-electron chi connectivity index (χ2n) is 4.00. The maximum Gasteiger partial charge on any atom is 0.107 e. The summed E-state index contributed by atoms with van der Waals surface area (Å²) in [4.78, 5) is 2.40. The van der Waals surface area contributed by atoms with Gasteiger partial charge in [-0.1, -0.05) is 0 Å². The first-order chi connectivity index (χ1) is 6.47. The second kappa shape index (κ2) is 4.59. The number of hydrogen-bond acceptors (Lipinski definition) is 3. The van der Waals surface area contributed by atoms with Crippen molar-refractivity contribution in [2.45, 2.75) is 19.9 Å². The first kappa shape index (κ1) is 11.9. The smallest absolute Gasteiger partial charge is 0.107 e. The molecule has 0 N–H and O–H groups in total. The van der Waals surface area contributed by atoms with E-state index >= 15 is 0 Å². The molecule has 0 amide bonds. The lowest BCUT2D eigenvalue weighted by molar-refractivity contribution is 0.156. The molecule has 1 fully saturated rings. The fraction of sp³-hybridized carbons (Fsp3) is 1.00. The Morgan fingerprint density at radius 2 is 1.71 bits per heavy atom. The molecule has 84 valence electrons. The lowest BCUT2D eigenvalue weighted by Crippen LogP contribution is -2.50. The Hall–Kier alpha value is -0.130. The lowest BCUT2D eigenvalue weighted by Gasteiger charge is -2.36. The van der Waals surface area contributed by atoms with Gasteiger partial charge in [0.05, 0.1) is 0 Å². The van der Waals surface area contributed by atoms with E-state index in [4.69, 9.17) is 0 Å². The molecule has 0 aromatic carbocycles. The highest BCUT2D eigenvalue weighted by molar-refractivity contribution is 7.90.